The maximum Gasteiger partial charge on any atom is 0.191 e. The van der Waals surface area contributed by atoms with E-state index in [0.29, 0.717) is 43.5 Å². The van der Waals surface area contributed by atoms with Gasteiger partial charge < -0.3 is 19.8 Å². The Bertz CT molecular complexity index is 735. The summed E-state index contributed by atoms with van der Waals surface area (Å²) in [5.41, 5.74) is 0.349. The molecule has 2 N–H and O–H groups in total. The Labute approximate surface area is 181 Å². The molecule has 0 spiro atoms. The lowest BCUT2D eigenvalue weighted by Gasteiger charge is -2.14. The van der Waals surface area contributed by atoms with Gasteiger partial charge in [-0.05, 0) is 48.7 Å². The van der Waals surface area contributed by atoms with Crippen molar-refractivity contribution in [2.45, 2.75) is 19.3 Å². The van der Waals surface area contributed by atoms with E-state index in [2.05, 4.69) is 15.6 Å². The van der Waals surface area contributed by atoms with Gasteiger partial charge in [0.1, 0.15) is 17.4 Å². The highest BCUT2D eigenvalue weighted by atomic mass is 127. The molecule has 154 valence electrons. The SMILES string of the molecule is Fc1ccc(F)c(CCNC(=NCC2CCOC2)NCCc2ccco2)c1.I. The van der Waals surface area contributed by atoms with Crippen molar-refractivity contribution in [1.29, 1.82) is 0 Å². The van der Waals surface area contributed by atoms with Gasteiger partial charge in [-0.25, -0.2) is 8.78 Å². The molecule has 1 aromatic carbocycles. The Kier molecular flexibility index (Phi) is 9.69. The Balaban J connectivity index is 0.00000280. The molecule has 1 atom stereocenters. The molecular weight excluding hydrogens is 479 g/mol. The Hall–Kier alpha value is -1.68. The van der Waals surface area contributed by atoms with Gasteiger partial charge in [0.2, 0.25) is 0 Å². The number of nitrogens with one attached hydrogen (secondary N) is 2. The fraction of sp³-hybridized carbons (Fsp3) is 0.450. The van der Waals surface area contributed by atoms with E-state index in [4.69, 9.17) is 9.15 Å². The van der Waals surface area contributed by atoms with Crippen LogP contribution in [0.3, 0.4) is 0 Å². The van der Waals surface area contributed by atoms with E-state index < -0.39 is 11.6 Å². The molecule has 0 radical (unpaired) electrons. The molecule has 0 saturated carbocycles. The average Bonchev–Trinajstić information content (AvgIpc) is 3.36. The summed E-state index contributed by atoms with van der Waals surface area (Å²) in [5.74, 6) is 1.15. The average molecular weight is 505 g/mol. The number of furan rings is 1. The van der Waals surface area contributed by atoms with Gasteiger partial charge in [0, 0.05) is 38.6 Å². The standard InChI is InChI=1S/C20H25F2N3O2.HI/c21-17-3-4-19(22)16(12-17)5-8-23-20(25-13-15-7-11-26-14-15)24-9-6-18-2-1-10-27-18;/h1-4,10,12,15H,5-9,11,13-14H2,(H2,23,24,25);1H. The highest BCUT2D eigenvalue weighted by Gasteiger charge is 2.15. The monoisotopic (exact) mass is 505 g/mol. The zero-order valence-corrected chi connectivity index (χ0v) is 18.0. The van der Waals surface area contributed by atoms with Gasteiger partial charge in [-0.15, -0.1) is 24.0 Å². The quantitative estimate of drug-likeness (QED) is 0.328. The van der Waals surface area contributed by atoms with Crippen LogP contribution in [0, 0.1) is 17.6 Å². The molecule has 2 heterocycles. The van der Waals surface area contributed by atoms with E-state index in [1.54, 1.807) is 6.26 Å². The lowest BCUT2D eigenvalue weighted by atomic mass is 10.1. The van der Waals surface area contributed by atoms with Crippen molar-refractivity contribution < 1.29 is 17.9 Å². The number of aliphatic imine (C=N–C) groups is 1. The number of rotatable bonds is 8. The van der Waals surface area contributed by atoms with E-state index in [1.807, 2.05) is 12.1 Å². The predicted molar refractivity (Wildman–Crippen MR) is 115 cm³/mol. The minimum atomic E-state index is -0.432. The lowest BCUT2D eigenvalue weighted by Crippen LogP contribution is -2.40. The zero-order valence-electron chi connectivity index (χ0n) is 15.6. The van der Waals surface area contributed by atoms with Crippen LogP contribution >= 0.6 is 24.0 Å². The van der Waals surface area contributed by atoms with Crippen LogP contribution in [-0.2, 0) is 17.6 Å². The summed E-state index contributed by atoms with van der Waals surface area (Å²) in [6.45, 7) is 3.30. The van der Waals surface area contributed by atoms with Crippen LogP contribution in [0.1, 0.15) is 17.7 Å². The van der Waals surface area contributed by atoms with E-state index in [-0.39, 0.29) is 24.0 Å². The molecule has 2 aromatic rings. The molecule has 1 saturated heterocycles. The number of benzene rings is 1. The second-order valence-electron chi connectivity index (χ2n) is 6.59. The van der Waals surface area contributed by atoms with Crippen LogP contribution in [0.15, 0.2) is 46.0 Å². The molecule has 0 amide bonds. The maximum atomic E-state index is 13.7. The number of hydrogen-bond donors (Lipinski definition) is 2. The van der Waals surface area contributed by atoms with Crippen molar-refractivity contribution in [2.75, 3.05) is 32.8 Å². The van der Waals surface area contributed by atoms with Crippen molar-refractivity contribution in [2.24, 2.45) is 10.9 Å². The van der Waals surface area contributed by atoms with Crippen molar-refractivity contribution in [3.63, 3.8) is 0 Å². The molecule has 28 heavy (non-hydrogen) atoms. The molecule has 5 nitrogen and oxygen atoms in total. The van der Waals surface area contributed by atoms with Crippen LogP contribution in [0.5, 0.6) is 0 Å². The van der Waals surface area contributed by atoms with Gasteiger partial charge in [-0.2, -0.15) is 0 Å². The number of ether oxygens (including phenoxy) is 1. The summed E-state index contributed by atoms with van der Waals surface area (Å²) in [5, 5.41) is 6.46. The highest BCUT2D eigenvalue weighted by Crippen LogP contribution is 2.12. The maximum absolute atomic E-state index is 13.7. The zero-order chi connectivity index (χ0) is 18.9. The second kappa shape index (κ2) is 12.0. The topological polar surface area (TPSA) is 58.8 Å². The number of nitrogens with zero attached hydrogens (tertiary/aromatic N) is 1. The first kappa shape index (κ1) is 22.6. The Morgan fingerprint density at radius 2 is 1.96 bits per heavy atom. The van der Waals surface area contributed by atoms with Crippen molar-refractivity contribution in [3.05, 3.63) is 59.6 Å². The van der Waals surface area contributed by atoms with Gasteiger partial charge in [0.15, 0.2) is 5.96 Å². The normalized spacial score (nSPS) is 16.6. The number of halogens is 3. The van der Waals surface area contributed by atoms with E-state index in [0.717, 1.165) is 43.9 Å². The fourth-order valence-electron chi connectivity index (χ4n) is 2.93. The van der Waals surface area contributed by atoms with Crippen molar-refractivity contribution in [1.82, 2.24) is 10.6 Å². The summed E-state index contributed by atoms with van der Waals surface area (Å²) >= 11 is 0. The first-order valence-corrected chi connectivity index (χ1v) is 9.27. The summed E-state index contributed by atoms with van der Waals surface area (Å²) in [6, 6.07) is 7.29. The molecule has 1 aliphatic rings. The van der Waals surface area contributed by atoms with Crippen LogP contribution in [0.25, 0.3) is 0 Å². The van der Waals surface area contributed by atoms with Gasteiger partial charge in [0.25, 0.3) is 0 Å². The van der Waals surface area contributed by atoms with Crippen molar-refractivity contribution >= 4 is 29.9 Å². The molecule has 3 rings (SSSR count). The molecule has 1 aromatic heterocycles. The van der Waals surface area contributed by atoms with E-state index in [1.165, 1.54) is 6.07 Å². The molecule has 8 heteroatoms. The molecule has 0 bridgehead atoms. The van der Waals surface area contributed by atoms with Crippen LogP contribution in [-0.4, -0.2) is 38.8 Å². The van der Waals surface area contributed by atoms with Crippen LogP contribution < -0.4 is 10.6 Å². The highest BCUT2D eigenvalue weighted by molar-refractivity contribution is 14.0. The predicted octanol–water partition coefficient (Wildman–Crippen LogP) is 3.53. The van der Waals surface area contributed by atoms with E-state index >= 15 is 0 Å². The fourth-order valence-corrected chi connectivity index (χ4v) is 2.93. The third-order valence-electron chi connectivity index (χ3n) is 4.47. The van der Waals surface area contributed by atoms with E-state index in [9.17, 15) is 8.78 Å². The van der Waals surface area contributed by atoms with Gasteiger partial charge >= 0.3 is 0 Å². The molecular formula is C20H26F2IN3O2. The summed E-state index contributed by atoms with van der Waals surface area (Å²) in [7, 11) is 0. The lowest BCUT2D eigenvalue weighted by molar-refractivity contribution is 0.187. The molecule has 0 aliphatic carbocycles. The van der Waals surface area contributed by atoms with Gasteiger partial charge in [0.05, 0.1) is 12.9 Å². The molecule has 1 aliphatic heterocycles. The van der Waals surface area contributed by atoms with Crippen molar-refractivity contribution in [3.8, 4) is 0 Å². The first-order valence-electron chi connectivity index (χ1n) is 9.27. The third kappa shape index (κ3) is 7.38. The third-order valence-corrected chi connectivity index (χ3v) is 4.47. The number of guanidine groups is 1. The van der Waals surface area contributed by atoms with Crippen LogP contribution in [0.4, 0.5) is 8.78 Å². The Morgan fingerprint density at radius 1 is 1.14 bits per heavy atom. The molecule has 1 unspecified atom stereocenters. The first-order chi connectivity index (χ1) is 13.2. The van der Waals surface area contributed by atoms with Gasteiger partial charge in [-0.3, -0.25) is 4.99 Å². The summed E-state index contributed by atoms with van der Waals surface area (Å²) in [4.78, 5) is 4.61. The smallest absolute Gasteiger partial charge is 0.191 e. The van der Waals surface area contributed by atoms with Crippen LogP contribution in [0.2, 0.25) is 0 Å². The van der Waals surface area contributed by atoms with Gasteiger partial charge in [-0.1, -0.05) is 0 Å². The minimum absolute atomic E-state index is 0. The Morgan fingerprint density at radius 3 is 2.68 bits per heavy atom. The number of hydrogen-bond acceptors (Lipinski definition) is 3. The second-order valence-corrected chi connectivity index (χ2v) is 6.59. The largest absolute Gasteiger partial charge is 0.469 e. The minimum Gasteiger partial charge on any atom is -0.469 e. The summed E-state index contributed by atoms with van der Waals surface area (Å²) in [6.07, 6.45) is 3.77. The summed E-state index contributed by atoms with van der Waals surface area (Å²) < 4.78 is 37.7. The molecule has 1 fully saturated rings.